The number of nitrogen functional groups attached to an aromatic ring is 2. The van der Waals surface area contributed by atoms with Gasteiger partial charge in [-0.05, 0) is 6.07 Å². The Kier molecular flexibility index (Phi) is 2.62. The molecule has 0 atom stereocenters. The Bertz CT molecular complexity index is 317. The fourth-order valence-corrected chi connectivity index (χ4v) is 1.00. The Hall–Kier alpha value is -1.43. The van der Waals surface area contributed by atoms with Crippen molar-refractivity contribution in [3.05, 3.63) is 17.2 Å². The topological polar surface area (TPSA) is 85.2 Å². The van der Waals surface area contributed by atoms with E-state index in [2.05, 4.69) is 4.98 Å². The van der Waals surface area contributed by atoms with Gasteiger partial charge in [-0.25, -0.2) is 13.8 Å². The van der Waals surface area contributed by atoms with Gasteiger partial charge in [0.05, 0.1) is 6.61 Å². The molecule has 4 nitrogen and oxygen atoms in total. The third-order valence-corrected chi connectivity index (χ3v) is 1.60. The van der Waals surface area contributed by atoms with E-state index in [1.807, 2.05) is 0 Å². The van der Waals surface area contributed by atoms with Gasteiger partial charge in [0.15, 0.2) is 0 Å². The summed E-state index contributed by atoms with van der Waals surface area (Å²) in [6.45, 7) is -0.571. The summed E-state index contributed by atoms with van der Waals surface area (Å²) >= 11 is 0. The van der Waals surface area contributed by atoms with Gasteiger partial charge < -0.3 is 16.6 Å². The van der Waals surface area contributed by atoms with E-state index < -0.39 is 13.0 Å². The number of hydrogen-bond acceptors (Lipinski definition) is 4. The third-order valence-electron chi connectivity index (χ3n) is 1.60. The highest BCUT2D eigenvalue weighted by atomic mass is 19.3. The molecule has 1 rings (SSSR count). The lowest BCUT2D eigenvalue weighted by Gasteiger charge is -2.09. The molecule has 0 saturated carbocycles. The highest BCUT2D eigenvalue weighted by Gasteiger charge is 2.16. The second-order valence-electron chi connectivity index (χ2n) is 2.46. The van der Waals surface area contributed by atoms with Gasteiger partial charge in [0.25, 0.3) is 6.43 Å². The summed E-state index contributed by atoms with van der Waals surface area (Å²) < 4.78 is 24.6. The second-order valence-corrected chi connectivity index (χ2v) is 2.46. The van der Waals surface area contributed by atoms with Gasteiger partial charge in [-0.3, -0.25) is 0 Å². The Balaban J connectivity index is 3.29. The first-order valence-corrected chi connectivity index (χ1v) is 3.50. The average molecular weight is 189 g/mol. The monoisotopic (exact) mass is 189 g/mol. The zero-order valence-corrected chi connectivity index (χ0v) is 6.67. The van der Waals surface area contributed by atoms with Gasteiger partial charge in [0, 0.05) is 11.1 Å². The molecule has 0 amide bonds. The van der Waals surface area contributed by atoms with Crippen LogP contribution in [0.15, 0.2) is 6.07 Å². The number of aliphatic hydroxyl groups excluding tert-OH is 1. The van der Waals surface area contributed by atoms with Gasteiger partial charge >= 0.3 is 0 Å². The molecule has 0 aliphatic rings. The molecule has 0 aliphatic heterocycles. The number of rotatable bonds is 2. The molecule has 0 unspecified atom stereocenters. The van der Waals surface area contributed by atoms with Crippen molar-refractivity contribution >= 4 is 11.6 Å². The van der Waals surface area contributed by atoms with Gasteiger partial charge in [0.1, 0.15) is 11.6 Å². The van der Waals surface area contributed by atoms with Crippen molar-refractivity contribution in [2.75, 3.05) is 11.5 Å². The quantitative estimate of drug-likeness (QED) is 0.638. The van der Waals surface area contributed by atoms with Crippen LogP contribution in [0.25, 0.3) is 0 Å². The van der Waals surface area contributed by atoms with E-state index in [0.29, 0.717) is 0 Å². The van der Waals surface area contributed by atoms with Crippen LogP contribution >= 0.6 is 0 Å². The summed E-state index contributed by atoms with van der Waals surface area (Å²) in [5.74, 6) is -0.234. The number of aliphatic hydroxyl groups is 1. The smallest absolute Gasteiger partial charge is 0.264 e. The van der Waals surface area contributed by atoms with Crippen LogP contribution in [0.4, 0.5) is 20.4 Å². The van der Waals surface area contributed by atoms with Gasteiger partial charge in [0.2, 0.25) is 0 Å². The maximum absolute atomic E-state index is 12.3. The average Bonchev–Trinajstić information content (AvgIpc) is 2.02. The number of halogens is 2. The summed E-state index contributed by atoms with van der Waals surface area (Å²) in [6, 6.07) is 1.01. The maximum Gasteiger partial charge on any atom is 0.264 e. The molecule has 0 saturated heterocycles. The van der Waals surface area contributed by atoms with Crippen molar-refractivity contribution in [2.24, 2.45) is 0 Å². The van der Waals surface area contributed by atoms with E-state index >= 15 is 0 Å². The van der Waals surface area contributed by atoms with Gasteiger partial charge in [-0.2, -0.15) is 0 Å². The number of alkyl halides is 2. The highest BCUT2D eigenvalue weighted by Crippen LogP contribution is 2.27. The zero-order valence-electron chi connectivity index (χ0n) is 6.67. The molecule has 0 aliphatic carbocycles. The molecule has 0 spiro atoms. The van der Waals surface area contributed by atoms with E-state index in [9.17, 15) is 8.78 Å². The fourth-order valence-electron chi connectivity index (χ4n) is 1.00. The molecule has 72 valence electrons. The molecule has 1 aromatic rings. The number of pyridine rings is 1. The number of nitrogens with zero attached hydrogens (tertiary/aromatic N) is 1. The van der Waals surface area contributed by atoms with Crippen molar-refractivity contribution in [1.29, 1.82) is 0 Å². The van der Waals surface area contributed by atoms with Crippen LogP contribution in [-0.4, -0.2) is 10.1 Å². The second kappa shape index (κ2) is 3.53. The molecule has 0 aromatic carbocycles. The minimum atomic E-state index is -2.71. The van der Waals surface area contributed by atoms with Crippen LogP contribution in [0, 0.1) is 0 Å². The minimum Gasteiger partial charge on any atom is -0.392 e. The maximum atomic E-state index is 12.3. The lowest BCUT2D eigenvalue weighted by molar-refractivity contribution is 0.147. The molecule has 1 aromatic heterocycles. The summed E-state index contributed by atoms with van der Waals surface area (Å²) in [7, 11) is 0. The van der Waals surface area contributed by atoms with Crippen LogP contribution in [0.3, 0.4) is 0 Å². The highest BCUT2D eigenvalue weighted by molar-refractivity contribution is 5.51. The minimum absolute atomic E-state index is 0.0656. The third kappa shape index (κ3) is 1.83. The largest absolute Gasteiger partial charge is 0.392 e. The molecule has 0 fully saturated rings. The van der Waals surface area contributed by atoms with Crippen LogP contribution in [-0.2, 0) is 6.61 Å². The zero-order chi connectivity index (χ0) is 10.0. The van der Waals surface area contributed by atoms with Crippen LogP contribution < -0.4 is 11.5 Å². The number of hydrogen-bond donors (Lipinski definition) is 3. The molecule has 6 heteroatoms. The number of nitrogens with two attached hydrogens (primary N) is 2. The summed E-state index contributed by atoms with van der Waals surface area (Å²) in [5, 5.41) is 8.74. The van der Waals surface area contributed by atoms with Crippen molar-refractivity contribution < 1.29 is 13.9 Å². The lowest BCUT2D eigenvalue weighted by atomic mass is 10.1. The predicted octanol–water partition coefficient (Wildman–Crippen LogP) is 0.676. The SMILES string of the molecule is Nc1cc(C(F)F)c(CO)c(N)n1. The first-order valence-electron chi connectivity index (χ1n) is 3.50. The van der Waals surface area contributed by atoms with Crippen LogP contribution in [0.5, 0.6) is 0 Å². The fraction of sp³-hybridized carbons (Fsp3) is 0.286. The van der Waals surface area contributed by atoms with Crippen molar-refractivity contribution in [3.8, 4) is 0 Å². The van der Waals surface area contributed by atoms with E-state index in [0.717, 1.165) is 6.07 Å². The van der Waals surface area contributed by atoms with E-state index in [-0.39, 0.29) is 22.8 Å². The van der Waals surface area contributed by atoms with Crippen molar-refractivity contribution in [2.45, 2.75) is 13.0 Å². The van der Waals surface area contributed by atoms with Gasteiger partial charge in [-0.15, -0.1) is 0 Å². The van der Waals surface area contributed by atoms with Crippen LogP contribution in [0.1, 0.15) is 17.6 Å². The molecule has 5 N–H and O–H groups in total. The molecule has 1 heterocycles. The lowest BCUT2D eigenvalue weighted by Crippen LogP contribution is -2.06. The van der Waals surface area contributed by atoms with E-state index in [1.54, 1.807) is 0 Å². The van der Waals surface area contributed by atoms with E-state index in [1.165, 1.54) is 0 Å². The Labute approximate surface area is 73.2 Å². The Morgan fingerprint density at radius 3 is 2.54 bits per heavy atom. The normalized spacial score (nSPS) is 10.8. The van der Waals surface area contributed by atoms with Crippen molar-refractivity contribution in [3.63, 3.8) is 0 Å². The summed E-state index contributed by atoms with van der Waals surface area (Å²) in [6.07, 6.45) is -2.71. The number of aromatic nitrogens is 1. The first kappa shape index (κ1) is 9.66. The predicted molar refractivity (Wildman–Crippen MR) is 43.9 cm³/mol. The van der Waals surface area contributed by atoms with Crippen LogP contribution in [0.2, 0.25) is 0 Å². The van der Waals surface area contributed by atoms with Gasteiger partial charge in [-0.1, -0.05) is 0 Å². The standard InChI is InChI=1S/C7H9F2N3O/c8-6(9)3-1-5(10)12-7(11)4(3)2-13/h1,6,13H,2H2,(H4,10,11,12). The number of anilines is 2. The Morgan fingerprint density at radius 1 is 1.46 bits per heavy atom. The first-order chi connectivity index (χ1) is 6.06. The molecule has 13 heavy (non-hydrogen) atoms. The van der Waals surface area contributed by atoms with Crippen molar-refractivity contribution in [1.82, 2.24) is 4.98 Å². The molecule has 0 radical (unpaired) electrons. The molecular formula is C7H9F2N3O. The molecule has 0 bridgehead atoms. The summed E-state index contributed by atoms with van der Waals surface area (Å²) in [5.41, 5.74) is 10.1. The summed E-state index contributed by atoms with van der Waals surface area (Å²) in [4.78, 5) is 3.55. The Morgan fingerprint density at radius 2 is 2.08 bits per heavy atom. The van der Waals surface area contributed by atoms with E-state index in [4.69, 9.17) is 16.6 Å². The molecular weight excluding hydrogens is 180 g/mol.